The van der Waals surface area contributed by atoms with E-state index in [4.69, 9.17) is 15.2 Å². The van der Waals surface area contributed by atoms with Gasteiger partial charge in [-0.1, -0.05) is 0 Å². The number of carbonyl (C=O) groups excluding carboxylic acids is 1. The molecule has 1 heterocycles. The van der Waals surface area contributed by atoms with E-state index in [1.165, 1.54) is 0 Å². The number of hydrogen-bond acceptors (Lipinski definition) is 5. The van der Waals surface area contributed by atoms with Crippen LogP contribution in [0.5, 0.6) is 0 Å². The molecule has 15 heavy (non-hydrogen) atoms. The zero-order valence-corrected chi connectivity index (χ0v) is 9.11. The quantitative estimate of drug-likeness (QED) is 0.729. The number of nitrogens with zero attached hydrogens (tertiary/aromatic N) is 2. The third-order valence-electron chi connectivity index (χ3n) is 1.96. The summed E-state index contributed by atoms with van der Waals surface area (Å²) < 4.78 is 11.4. The van der Waals surface area contributed by atoms with Crippen LogP contribution < -0.4 is 5.73 Å². The number of carbonyl (C=O) groups is 1. The molecule has 0 aromatic carbocycles. The number of aromatic nitrogens is 2. The van der Waals surface area contributed by atoms with E-state index in [0.717, 1.165) is 0 Å². The second-order valence-corrected chi connectivity index (χ2v) is 2.97. The predicted octanol–water partition coefficient (Wildman–Crippen LogP) is 0.325. The van der Waals surface area contributed by atoms with E-state index in [1.54, 1.807) is 25.6 Å². The Kier molecular flexibility index (Phi) is 3.68. The average Bonchev–Trinajstić information content (AvgIpc) is 2.43. The molecule has 6 heteroatoms. The molecule has 0 aliphatic rings. The van der Waals surface area contributed by atoms with E-state index < -0.39 is 5.97 Å². The van der Waals surface area contributed by atoms with Crippen LogP contribution in [0.2, 0.25) is 0 Å². The van der Waals surface area contributed by atoms with Crippen molar-refractivity contribution in [1.82, 2.24) is 9.55 Å². The lowest BCUT2D eigenvalue weighted by Gasteiger charge is -2.04. The Hall–Kier alpha value is -1.56. The Balaban J connectivity index is 3.02. The lowest BCUT2D eigenvalue weighted by Crippen LogP contribution is -2.13. The van der Waals surface area contributed by atoms with E-state index in [1.807, 2.05) is 0 Å². The minimum atomic E-state index is -0.465. The van der Waals surface area contributed by atoms with Gasteiger partial charge in [-0.2, -0.15) is 0 Å². The molecule has 0 amide bonds. The molecule has 0 bridgehead atoms. The topological polar surface area (TPSA) is 79.4 Å². The van der Waals surface area contributed by atoms with Crippen LogP contribution in [0, 0.1) is 0 Å². The van der Waals surface area contributed by atoms with Crippen LogP contribution in [0.25, 0.3) is 0 Å². The third-order valence-corrected chi connectivity index (χ3v) is 1.96. The first-order valence-electron chi connectivity index (χ1n) is 4.58. The van der Waals surface area contributed by atoms with Gasteiger partial charge in [-0.05, 0) is 6.92 Å². The van der Waals surface area contributed by atoms with Crippen molar-refractivity contribution in [3.63, 3.8) is 0 Å². The molecule has 1 aromatic heterocycles. The molecule has 2 N–H and O–H groups in total. The smallest absolute Gasteiger partial charge is 0.358 e. The van der Waals surface area contributed by atoms with Crippen LogP contribution in [0.15, 0.2) is 0 Å². The lowest BCUT2D eigenvalue weighted by atomic mass is 10.4. The third kappa shape index (κ3) is 2.27. The van der Waals surface area contributed by atoms with Gasteiger partial charge in [-0.3, -0.25) is 0 Å². The number of methoxy groups -OCH3 is 1. The molecule has 0 spiro atoms. The molecule has 0 unspecified atom stereocenters. The SMILES string of the molecule is CCOC(=O)c1c(N)nc(COC)n1C. The highest BCUT2D eigenvalue weighted by atomic mass is 16.5. The first-order valence-corrected chi connectivity index (χ1v) is 4.58. The molecule has 1 aromatic rings. The van der Waals surface area contributed by atoms with Crippen molar-refractivity contribution in [2.75, 3.05) is 19.5 Å². The summed E-state index contributed by atoms with van der Waals surface area (Å²) in [5, 5.41) is 0. The fourth-order valence-corrected chi connectivity index (χ4v) is 1.27. The summed E-state index contributed by atoms with van der Waals surface area (Å²) in [5.74, 6) is 0.299. The van der Waals surface area contributed by atoms with Crippen LogP contribution in [0.1, 0.15) is 23.2 Å². The van der Waals surface area contributed by atoms with E-state index in [0.29, 0.717) is 19.0 Å². The van der Waals surface area contributed by atoms with Crippen LogP contribution in [0.3, 0.4) is 0 Å². The molecule has 0 saturated heterocycles. The van der Waals surface area contributed by atoms with E-state index in [9.17, 15) is 4.79 Å². The number of hydrogen-bond donors (Lipinski definition) is 1. The first-order chi connectivity index (χ1) is 7.11. The standard InChI is InChI=1S/C9H15N3O3/c1-4-15-9(13)7-8(10)11-6(5-14-3)12(7)2/h4-5,10H2,1-3H3. The lowest BCUT2D eigenvalue weighted by molar-refractivity contribution is 0.0515. The fraction of sp³-hybridized carbons (Fsp3) is 0.556. The summed E-state index contributed by atoms with van der Waals surface area (Å²) in [6.07, 6.45) is 0. The summed E-state index contributed by atoms with van der Waals surface area (Å²) in [5.41, 5.74) is 5.88. The number of nitrogen functional groups attached to an aromatic ring is 1. The second-order valence-electron chi connectivity index (χ2n) is 2.97. The minimum absolute atomic E-state index is 0.169. The van der Waals surface area contributed by atoms with Gasteiger partial charge in [0.1, 0.15) is 12.4 Å². The van der Waals surface area contributed by atoms with Crippen molar-refractivity contribution in [3.05, 3.63) is 11.5 Å². The van der Waals surface area contributed by atoms with Crippen LogP contribution in [0.4, 0.5) is 5.82 Å². The number of imidazole rings is 1. The van der Waals surface area contributed by atoms with Crippen molar-refractivity contribution >= 4 is 11.8 Å². The highest BCUT2D eigenvalue weighted by Crippen LogP contribution is 2.14. The normalized spacial score (nSPS) is 10.3. The van der Waals surface area contributed by atoms with Gasteiger partial charge in [0.05, 0.1) is 6.61 Å². The van der Waals surface area contributed by atoms with E-state index in [-0.39, 0.29) is 11.5 Å². The Bertz CT molecular complexity index is 360. The van der Waals surface area contributed by atoms with Crippen molar-refractivity contribution in [3.8, 4) is 0 Å². The summed E-state index contributed by atoms with van der Waals surface area (Å²) in [6.45, 7) is 2.35. The van der Waals surface area contributed by atoms with Gasteiger partial charge in [0.2, 0.25) is 0 Å². The highest BCUT2D eigenvalue weighted by molar-refractivity contribution is 5.92. The molecule has 0 aliphatic carbocycles. The molecule has 84 valence electrons. The largest absolute Gasteiger partial charge is 0.461 e. The fourth-order valence-electron chi connectivity index (χ4n) is 1.27. The van der Waals surface area contributed by atoms with Gasteiger partial charge in [0, 0.05) is 14.2 Å². The molecule has 0 saturated carbocycles. The maximum atomic E-state index is 11.5. The number of ether oxygens (including phenoxy) is 2. The molecule has 0 aliphatic heterocycles. The van der Waals surface area contributed by atoms with Crippen molar-refractivity contribution in [1.29, 1.82) is 0 Å². The van der Waals surface area contributed by atoms with Crippen molar-refractivity contribution in [2.24, 2.45) is 7.05 Å². The van der Waals surface area contributed by atoms with Gasteiger partial charge in [-0.15, -0.1) is 0 Å². The molecule has 0 radical (unpaired) electrons. The molecule has 1 rings (SSSR count). The number of rotatable bonds is 4. The zero-order valence-electron chi connectivity index (χ0n) is 9.11. The predicted molar refractivity (Wildman–Crippen MR) is 54.3 cm³/mol. The Labute approximate surface area is 88.0 Å². The van der Waals surface area contributed by atoms with Crippen molar-refractivity contribution < 1.29 is 14.3 Å². The van der Waals surface area contributed by atoms with E-state index in [2.05, 4.69) is 4.98 Å². The number of esters is 1. The van der Waals surface area contributed by atoms with E-state index >= 15 is 0 Å². The Morgan fingerprint density at radius 3 is 2.80 bits per heavy atom. The minimum Gasteiger partial charge on any atom is -0.461 e. The average molecular weight is 213 g/mol. The van der Waals surface area contributed by atoms with Crippen molar-refractivity contribution in [2.45, 2.75) is 13.5 Å². The molecule has 0 atom stereocenters. The van der Waals surface area contributed by atoms with Crippen LogP contribution in [-0.4, -0.2) is 29.2 Å². The molecule has 6 nitrogen and oxygen atoms in total. The van der Waals surface area contributed by atoms with Crippen LogP contribution >= 0.6 is 0 Å². The number of anilines is 1. The summed E-state index contributed by atoms with van der Waals surface area (Å²) in [7, 11) is 3.25. The van der Waals surface area contributed by atoms with Crippen LogP contribution in [-0.2, 0) is 23.1 Å². The summed E-state index contributed by atoms with van der Waals surface area (Å²) in [6, 6.07) is 0. The van der Waals surface area contributed by atoms with Gasteiger partial charge >= 0.3 is 5.97 Å². The maximum absolute atomic E-state index is 11.5. The Morgan fingerprint density at radius 2 is 2.27 bits per heavy atom. The van der Waals surface area contributed by atoms with Gasteiger partial charge in [-0.25, -0.2) is 9.78 Å². The maximum Gasteiger partial charge on any atom is 0.358 e. The van der Waals surface area contributed by atoms with Gasteiger partial charge in [0.15, 0.2) is 11.5 Å². The van der Waals surface area contributed by atoms with Gasteiger partial charge < -0.3 is 19.8 Å². The monoisotopic (exact) mass is 213 g/mol. The molecular formula is C9H15N3O3. The first kappa shape index (κ1) is 11.5. The highest BCUT2D eigenvalue weighted by Gasteiger charge is 2.19. The molecule has 0 fully saturated rings. The summed E-state index contributed by atoms with van der Waals surface area (Å²) >= 11 is 0. The Morgan fingerprint density at radius 1 is 1.60 bits per heavy atom. The zero-order chi connectivity index (χ0) is 11.4. The number of nitrogens with two attached hydrogens (primary N) is 1. The second kappa shape index (κ2) is 4.79. The van der Waals surface area contributed by atoms with Gasteiger partial charge in [0.25, 0.3) is 0 Å². The molecular weight excluding hydrogens is 198 g/mol. The summed E-state index contributed by atoms with van der Waals surface area (Å²) in [4.78, 5) is 15.5.